The first-order chi connectivity index (χ1) is 9.93. The van der Waals surface area contributed by atoms with Gasteiger partial charge in [0, 0.05) is 11.8 Å². The van der Waals surface area contributed by atoms with Crippen molar-refractivity contribution < 1.29 is 9.32 Å². The number of aromatic nitrogens is 2. The van der Waals surface area contributed by atoms with Gasteiger partial charge in [-0.3, -0.25) is 4.79 Å². The van der Waals surface area contributed by atoms with E-state index in [4.69, 9.17) is 4.52 Å². The Balaban J connectivity index is 1.56. The number of hydrogen-bond donors (Lipinski definition) is 0. The summed E-state index contributed by atoms with van der Waals surface area (Å²) in [5, 5.41) is 4.12. The molecule has 2 fully saturated rings. The molecule has 0 atom stereocenters. The van der Waals surface area contributed by atoms with Crippen LogP contribution in [0.5, 0.6) is 0 Å². The Morgan fingerprint density at radius 3 is 2.38 bits per heavy atom. The Morgan fingerprint density at radius 1 is 1.14 bits per heavy atom. The van der Waals surface area contributed by atoms with Crippen LogP contribution in [0.2, 0.25) is 0 Å². The van der Waals surface area contributed by atoms with Crippen LogP contribution in [0.4, 0.5) is 0 Å². The molecule has 0 aromatic carbocycles. The van der Waals surface area contributed by atoms with Gasteiger partial charge >= 0.3 is 0 Å². The predicted molar refractivity (Wildman–Crippen MR) is 79.9 cm³/mol. The van der Waals surface area contributed by atoms with Crippen molar-refractivity contribution in [3.63, 3.8) is 0 Å². The van der Waals surface area contributed by atoms with Gasteiger partial charge in [0.25, 0.3) is 0 Å². The minimum atomic E-state index is 0.265. The first-order valence-electron chi connectivity index (χ1n) is 8.28. The SMILES string of the molecule is CC(C)(C)C1CCC(c2noc(CC(=O)C3CC3)n2)CC1. The molecule has 1 aromatic rings. The normalized spacial score (nSPS) is 26.8. The second-order valence-electron chi connectivity index (χ2n) is 7.88. The monoisotopic (exact) mass is 290 g/mol. The van der Waals surface area contributed by atoms with Crippen molar-refractivity contribution in [1.29, 1.82) is 0 Å². The molecule has 2 aliphatic rings. The molecule has 0 saturated heterocycles. The van der Waals surface area contributed by atoms with Gasteiger partial charge in [-0.1, -0.05) is 25.9 Å². The fraction of sp³-hybridized carbons (Fsp3) is 0.824. The Labute approximate surface area is 126 Å². The average Bonchev–Trinajstić information content (AvgIpc) is 3.19. The molecule has 0 unspecified atom stereocenters. The summed E-state index contributed by atoms with van der Waals surface area (Å²) in [5.41, 5.74) is 0.393. The molecule has 4 heteroatoms. The summed E-state index contributed by atoms with van der Waals surface area (Å²) in [5.74, 6) is 3.07. The van der Waals surface area contributed by atoms with Crippen molar-refractivity contribution in [1.82, 2.24) is 10.1 Å². The fourth-order valence-corrected chi connectivity index (χ4v) is 3.42. The summed E-state index contributed by atoms with van der Waals surface area (Å²) in [7, 11) is 0. The number of carbonyl (C=O) groups excluding carboxylic acids is 1. The van der Waals surface area contributed by atoms with Gasteiger partial charge in [0.15, 0.2) is 5.82 Å². The number of ketones is 1. The Bertz CT molecular complexity index is 503. The molecule has 0 bridgehead atoms. The summed E-state index contributed by atoms with van der Waals surface area (Å²) >= 11 is 0. The van der Waals surface area contributed by atoms with E-state index < -0.39 is 0 Å². The highest BCUT2D eigenvalue weighted by molar-refractivity contribution is 5.84. The van der Waals surface area contributed by atoms with E-state index in [2.05, 4.69) is 30.9 Å². The number of carbonyl (C=O) groups is 1. The molecule has 0 amide bonds. The van der Waals surface area contributed by atoms with E-state index in [-0.39, 0.29) is 11.7 Å². The molecule has 3 rings (SSSR count). The van der Waals surface area contributed by atoms with Crippen molar-refractivity contribution in [2.75, 3.05) is 0 Å². The second kappa shape index (κ2) is 5.54. The van der Waals surface area contributed by atoms with Gasteiger partial charge in [-0.2, -0.15) is 4.98 Å². The van der Waals surface area contributed by atoms with Gasteiger partial charge in [-0.25, -0.2) is 0 Å². The maximum atomic E-state index is 11.8. The van der Waals surface area contributed by atoms with E-state index >= 15 is 0 Å². The van der Waals surface area contributed by atoms with Crippen molar-refractivity contribution in [3.8, 4) is 0 Å². The Hall–Kier alpha value is -1.19. The molecule has 1 aromatic heterocycles. The molecule has 21 heavy (non-hydrogen) atoms. The highest BCUT2D eigenvalue weighted by Crippen LogP contribution is 2.42. The maximum Gasteiger partial charge on any atom is 0.234 e. The molecule has 2 saturated carbocycles. The van der Waals surface area contributed by atoms with Crippen molar-refractivity contribution in [2.24, 2.45) is 17.3 Å². The van der Waals surface area contributed by atoms with Gasteiger partial charge in [0.05, 0.1) is 6.42 Å². The van der Waals surface area contributed by atoms with Gasteiger partial charge in [-0.05, 0) is 49.9 Å². The second-order valence-corrected chi connectivity index (χ2v) is 7.88. The van der Waals surface area contributed by atoms with Crippen LogP contribution in [-0.4, -0.2) is 15.9 Å². The van der Waals surface area contributed by atoms with Crippen LogP contribution < -0.4 is 0 Å². The maximum absolute atomic E-state index is 11.8. The van der Waals surface area contributed by atoms with Crippen LogP contribution in [0.3, 0.4) is 0 Å². The lowest BCUT2D eigenvalue weighted by atomic mass is 9.70. The van der Waals surface area contributed by atoms with E-state index in [0.29, 0.717) is 23.6 Å². The highest BCUT2D eigenvalue weighted by Gasteiger charge is 2.33. The quantitative estimate of drug-likeness (QED) is 0.843. The van der Waals surface area contributed by atoms with Crippen LogP contribution in [0.15, 0.2) is 4.52 Å². The molecule has 0 N–H and O–H groups in total. The third kappa shape index (κ3) is 3.53. The van der Waals surface area contributed by atoms with Gasteiger partial charge < -0.3 is 4.52 Å². The standard InChI is InChI=1S/C17H26N2O2/c1-17(2,3)13-8-6-12(7-9-13)16-18-15(21-19-16)10-14(20)11-4-5-11/h11-13H,4-10H2,1-3H3. The summed E-state index contributed by atoms with van der Waals surface area (Å²) in [6.07, 6.45) is 7.15. The van der Waals surface area contributed by atoms with E-state index in [1.54, 1.807) is 0 Å². The first-order valence-corrected chi connectivity index (χ1v) is 8.28. The van der Waals surface area contributed by atoms with Gasteiger partial charge in [0.1, 0.15) is 5.78 Å². The predicted octanol–water partition coefficient (Wildman–Crippen LogP) is 3.91. The highest BCUT2D eigenvalue weighted by atomic mass is 16.5. The molecule has 0 spiro atoms. The zero-order valence-electron chi connectivity index (χ0n) is 13.4. The summed E-state index contributed by atoms with van der Waals surface area (Å²) < 4.78 is 5.28. The van der Waals surface area contributed by atoms with Crippen LogP contribution in [0, 0.1) is 17.3 Å². The van der Waals surface area contributed by atoms with Crippen molar-refractivity contribution >= 4 is 5.78 Å². The van der Waals surface area contributed by atoms with E-state index in [1.165, 1.54) is 12.8 Å². The summed E-state index contributed by atoms with van der Waals surface area (Å²) in [4.78, 5) is 16.3. The first kappa shape index (κ1) is 14.7. The topological polar surface area (TPSA) is 56.0 Å². The number of hydrogen-bond acceptors (Lipinski definition) is 4. The zero-order valence-corrected chi connectivity index (χ0v) is 13.4. The fourth-order valence-electron chi connectivity index (χ4n) is 3.42. The minimum Gasteiger partial charge on any atom is -0.339 e. The third-order valence-corrected chi connectivity index (χ3v) is 5.16. The third-order valence-electron chi connectivity index (χ3n) is 5.16. The van der Waals surface area contributed by atoms with E-state index in [1.807, 2.05) is 0 Å². The van der Waals surface area contributed by atoms with Crippen molar-refractivity contribution in [3.05, 3.63) is 11.7 Å². The number of nitrogens with zero attached hydrogens (tertiary/aromatic N) is 2. The number of rotatable bonds is 4. The molecule has 116 valence electrons. The molecule has 0 radical (unpaired) electrons. The average molecular weight is 290 g/mol. The lowest BCUT2D eigenvalue weighted by Gasteiger charge is -2.36. The smallest absolute Gasteiger partial charge is 0.234 e. The van der Waals surface area contributed by atoms with Crippen molar-refractivity contribution in [2.45, 2.75) is 71.6 Å². The zero-order chi connectivity index (χ0) is 15.0. The largest absolute Gasteiger partial charge is 0.339 e. The van der Waals surface area contributed by atoms with Crippen LogP contribution in [0.1, 0.15) is 76.9 Å². The van der Waals surface area contributed by atoms with Gasteiger partial charge in [0.2, 0.25) is 5.89 Å². The molecular formula is C17H26N2O2. The summed E-state index contributed by atoms with van der Waals surface area (Å²) in [6.45, 7) is 6.98. The summed E-state index contributed by atoms with van der Waals surface area (Å²) in [6, 6.07) is 0. The van der Waals surface area contributed by atoms with Crippen LogP contribution >= 0.6 is 0 Å². The van der Waals surface area contributed by atoms with Crippen LogP contribution in [0.25, 0.3) is 0 Å². The molecular weight excluding hydrogens is 264 g/mol. The molecule has 4 nitrogen and oxygen atoms in total. The lowest BCUT2D eigenvalue weighted by molar-refractivity contribution is -0.119. The minimum absolute atomic E-state index is 0.265. The molecule has 2 aliphatic carbocycles. The Morgan fingerprint density at radius 2 is 1.81 bits per heavy atom. The number of Topliss-reactive ketones (excluding diaryl/α,β-unsaturated/α-hetero) is 1. The van der Waals surface area contributed by atoms with E-state index in [0.717, 1.165) is 37.4 Å². The van der Waals surface area contributed by atoms with Gasteiger partial charge in [-0.15, -0.1) is 0 Å². The Kier molecular flexibility index (Phi) is 3.89. The lowest BCUT2D eigenvalue weighted by Crippen LogP contribution is -2.25. The van der Waals surface area contributed by atoms with Crippen LogP contribution in [-0.2, 0) is 11.2 Å². The molecule has 1 heterocycles. The molecule has 0 aliphatic heterocycles. The van der Waals surface area contributed by atoms with E-state index in [9.17, 15) is 4.79 Å².